The summed E-state index contributed by atoms with van der Waals surface area (Å²) in [4.78, 5) is 4.47. The zero-order valence-corrected chi connectivity index (χ0v) is 22.7. The molecule has 0 saturated carbocycles. The maximum absolute atomic E-state index is 11.0. The van der Waals surface area contributed by atoms with Crippen LogP contribution in [0.25, 0.3) is 5.69 Å². The van der Waals surface area contributed by atoms with Gasteiger partial charge < -0.3 is 24.1 Å². The van der Waals surface area contributed by atoms with Crippen molar-refractivity contribution < 1.29 is 24.1 Å². The maximum atomic E-state index is 11.0. The van der Waals surface area contributed by atoms with Gasteiger partial charge in [-0.2, -0.15) is 5.10 Å². The second-order valence-corrected chi connectivity index (χ2v) is 9.38. The summed E-state index contributed by atoms with van der Waals surface area (Å²) in [6.07, 6.45) is 0.240. The van der Waals surface area contributed by atoms with E-state index in [1.54, 1.807) is 14.2 Å². The number of aliphatic hydroxyl groups is 1. The summed E-state index contributed by atoms with van der Waals surface area (Å²) < 4.78 is 24.9. The molecule has 1 fully saturated rings. The average molecular weight is 525 g/mol. The fraction of sp³-hybridized carbons (Fsp3) is 0.483. The highest BCUT2D eigenvalue weighted by atomic mass is 16.5. The summed E-state index contributed by atoms with van der Waals surface area (Å²) in [7, 11) is 3.33. The van der Waals surface area contributed by atoms with Crippen LogP contribution in [0.3, 0.4) is 0 Å². The van der Waals surface area contributed by atoms with Crippen LogP contribution in [0, 0.1) is 0 Å². The summed E-state index contributed by atoms with van der Waals surface area (Å²) in [6, 6.07) is 17.6. The summed E-state index contributed by atoms with van der Waals surface area (Å²) in [6.45, 7) is 8.11. The van der Waals surface area contributed by atoms with Crippen LogP contribution in [0.4, 0.5) is 0 Å². The van der Waals surface area contributed by atoms with E-state index in [0.717, 1.165) is 36.5 Å². The minimum absolute atomic E-state index is 0.502. The highest BCUT2D eigenvalue weighted by molar-refractivity contribution is 5.47. The Morgan fingerprint density at radius 3 is 2.42 bits per heavy atom. The number of ether oxygens (including phenoxy) is 4. The molecule has 0 aliphatic carbocycles. The minimum atomic E-state index is -0.502. The standard InChI is InChI=1S/C29H40N4O5/c1-4-26-25(22-32(14-17-35-2)21-24(34)20-31-15-18-37-19-16-31)29(33(30-26)23-10-6-5-7-11-23)38-28-13-9-8-12-27(28)36-3/h5-13,24,34H,4,14-22H2,1-3H3. The van der Waals surface area contributed by atoms with Gasteiger partial charge in [0.2, 0.25) is 5.88 Å². The first-order chi connectivity index (χ1) is 18.6. The van der Waals surface area contributed by atoms with Crippen molar-refractivity contribution in [3.63, 3.8) is 0 Å². The molecular formula is C29H40N4O5. The van der Waals surface area contributed by atoms with E-state index >= 15 is 0 Å². The second-order valence-electron chi connectivity index (χ2n) is 9.38. The lowest BCUT2D eigenvalue weighted by molar-refractivity contribution is 0.00430. The zero-order chi connectivity index (χ0) is 26.7. The van der Waals surface area contributed by atoms with Gasteiger partial charge in [-0.1, -0.05) is 37.3 Å². The van der Waals surface area contributed by atoms with E-state index in [-0.39, 0.29) is 0 Å². The van der Waals surface area contributed by atoms with Gasteiger partial charge in [-0.3, -0.25) is 9.80 Å². The first-order valence-electron chi connectivity index (χ1n) is 13.3. The van der Waals surface area contributed by atoms with Gasteiger partial charge >= 0.3 is 0 Å². The molecule has 2 aromatic carbocycles. The molecule has 1 aromatic heterocycles. The van der Waals surface area contributed by atoms with Crippen molar-refractivity contribution in [1.82, 2.24) is 19.6 Å². The first-order valence-corrected chi connectivity index (χ1v) is 13.3. The lowest BCUT2D eigenvalue weighted by Gasteiger charge is -2.31. The fourth-order valence-corrected chi connectivity index (χ4v) is 4.69. The molecule has 206 valence electrons. The Kier molecular flexibility index (Phi) is 10.5. The Hall–Kier alpha value is -2.95. The number of para-hydroxylation sites is 3. The Balaban J connectivity index is 1.65. The van der Waals surface area contributed by atoms with Crippen LogP contribution in [0.1, 0.15) is 18.2 Å². The fourth-order valence-electron chi connectivity index (χ4n) is 4.69. The van der Waals surface area contributed by atoms with Crippen molar-refractivity contribution in [2.24, 2.45) is 0 Å². The quantitative estimate of drug-likeness (QED) is 0.344. The highest BCUT2D eigenvalue weighted by Crippen LogP contribution is 2.36. The molecule has 2 heterocycles. The van der Waals surface area contributed by atoms with Crippen molar-refractivity contribution in [3.8, 4) is 23.1 Å². The highest BCUT2D eigenvalue weighted by Gasteiger charge is 2.25. The monoisotopic (exact) mass is 524 g/mol. The van der Waals surface area contributed by atoms with Crippen molar-refractivity contribution in [2.75, 3.05) is 66.8 Å². The SMILES string of the molecule is CCc1nn(-c2ccccc2)c(Oc2ccccc2OC)c1CN(CCOC)CC(O)CN1CCOCC1. The van der Waals surface area contributed by atoms with E-state index < -0.39 is 6.10 Å². The van der Waals surface area contributed by atoms with Gasteiger partial charge in [-0.15, -0.1) is 0 Å². The van der Waals surface area contributed by atoms with Crippen LogP contribution in [0.15, 0.2) is 54.6 Å². The molecule has 9 heteroatoms. The van der Waals surface area contributed by atoms with Gasteiger partial charge in [0, 0.05) is 46.4 Å². The predicted octanol–water partition coefficient (Wildman–Crippen LogP) is 3.38. The van der Waals surface area contributed by atoms with E-state index in [1.165, 1.54) is 0 Å². The number of hydrogen-bond acceptors (Lipinski definition) is 8. The number of morpholine rings is 1. The van der Waals surface area contributed by atoms with Crippen LogP contribution in [0.5, 0.6) is 17.4 Å². The number of nitrogens with zero attached hydrogens (tertiary/aromatic N) is 4. The average Bonchev–Trinajstić information content (AvgIpc) is 3.29. The lowest BCUT2D eigenvalue weighted by Crippen LogP contribution is -2.45. The number of hydrogen-bond donors (Lipinski definition) is 1. The number of aliphatic hydroxyl groups excluding tert-OH is 1. The van der Waals surface area contributed by atoms with Crippen molar-refractivity contribution in [3.05, 3.63) is 65.9 Å². The molecule has 0 bridgehead atoms. The summed E-state index contributed by atoms with van der Waals surface area (Å²) in [5.74, 6) is 1.91. The molecule has 1 aliphatic heterocycles. The van der Waals surface area contributed by atoms with E-state index in [4.69, 9.17) is 24.0 Å². The number of rotatable bonds is 14. The molecule has 1 aliphatic rings. The minimum Gasteiger partial charge on any atom is -0.493 e. The topological polar surface area (TPSA) is 81.5 Å². The van der Waals surface area contributed by atoms with Crippen molar-refractivity contribution >= 4 is 0 Å². The molecule has 1 N–H and O–H groups in total. The number of aryl methyl sites for hydroxylation is 1. The molecule has 4 rings (SSSR count). The molecule has 3 aromatic rings. The number of methoxy groups -OCH3 is 2. The number of aromatic nitrogens is 2. The summed E-state index contributed by atoms with van der Waals surface area (Å²) >= 11 is 0. The van der Waals surface area contributed by atoms with Crippen LogP contribution >= 0.6 is 0 Å². The number of β-amino-alcohol motifs (C(OH)–C–C–N with tert-alkyl or cyclic N) is 1. The molecule has 9 nitrogen and oxygen atoms in total. The van der Waals surface area contributed by atoms with Crippen molar-refractivity contribution in [1.29, 1.82) is 0 Å². The molecule has 0 radical (unpaired) electrons. The van der Waals surface area contributed by atoms with Crippen molar-refractivity contribution in [2.45, 2.75) is 26.0 Å². The largest absolute Gasteiger partial charge is 0.493 e. The van der Waals surface area contributed by atoms with E-state index in [0.29, 0.717) is 63.4 Å². The molecule has 1 saturated heterocycles. The third kappa shape index (κ3) is 7.33. The first kappa shape index (κ1) is 28.1. The van der Waals surface area contributed by atoms with Gasteiger partial charge in [0.1, 0.15) is 0 Å². The van der Waals surface area contributed by atoms with Crippen LogP contribution in [-0.2, 0) is 22.4 Å². The summed E-state index contributed by atoms with van der Waals surface area (Å²) in [5, 5.41) is 16.0. The Morgan fingerprint density at radius 1 is 1.03 bits per heavy atom. The lowest BCUT2D eigenvalue weighted by atomic mass is 10.1. The van der Waals surface area contributed by atoms with E-state index in [9.17, 15) is 5.11 Å². The van der Waals surface area contributed by atoms with Gasteiger partial charge in [0.25, 0.3) is 0 Å². The molecule has 38 heavy (non-hydrogen) atoms. The van der Waals surface area contributed by atoms with E-state index in [2.05, 4.69) is 16.7 Å². The second kappa shape index (κ2) is 14.3. The Morgan fingerprint density at radius 2 is 1.74 bits per heavy atom. The van der Waals surface area contributed by atoms with Gasteiger partial charge in [0.05, 0.1) is 50.0 Å². The normalized spacial score (nSPS) is 15.1. The molecule has 1 unspecified atom stereocenters. The zero-order valence-electron chi connectivity index (χ0n) is 22.7. The van der Waals surface area contributed by atoms with Crippen LogP contribution in [-0.4, -0.2) is 97.6 Å². The third-order valence-corrected chi connectivity index (χ3v) is 6.67. The molecule has 1 atom stereocenters. The third-order valence-electron chi connectivity index (χ3n) is 6.67. The van der Waals surface area contributed by atoms with E-state index in [1.807, 2.05) is 59.3 Å². The maximum Gasteiger partial charge on any atom is 0.227 e. The Labute approximate surface area is 225 Å². The van der Waals surface area contributed by atoms with Gasteiger partial charge in [0.15, 0.2) is 11.5 Å². The predicted molar refractivity (Wildman–Crippen MR) is 146 cm³/mol. The van der Waals surface area contributed by atoms with Crippen LogP contribution in [0.2, 0.25) is 0 Å². The summed E-state index contributed by atoms with van der Waals surface area (Å²) in [5.41, 5.74) is 2.84. The molecular weight excluding hydrogens is 484 g/mol. The van der Waals surface area contributed by atoms with Crippen LogP contribution < -0.4 is 9.47 Å². The number of benzene rings is 2. The molecule has 0 spiro atoms. The Bertz CT molecular complexity index is 1120. The molecule has 0 amide bonds. The smallest absolute Gasteiger partial charge is 0.227 e. The van der Waals surface area contributed by atoms with Gasteiger partial charge in [-0.05, 0) is 30.7 Å². The van der Waals surface area contributed by atoms with Gasteiger partial charge in [-0.25, -0.2) is 4.68 Å².